The second kappa shape index (κ2) is 12.9. The van der Waals surface area contributed by atoms with Gasteiger partial charge in [0, 0.05) is 13.8 Å². The van der Waals surface area contributed by atoms with E-state index >= 15 is 0 Å². The summed E-state index contributed by atoms with van der Waals surface area (Å²) >= 11 is 1.16. The van der Waals surface area contributed by atoms with Crippen molar-refractivity contribution < 1.29 is 38.1 Å². The van der Waals surface area contributed by atoms with Crippen LogP contribution in [0.15, 0.2) is 57.5 Å². The van der Waals surface area contributed by atoms with Crippen LogP contribution < -0.4 is 33.8 Å². The zero-order valence-electron chi connectivity index (χ0n) is 24.0. The molecule has 12 heteroatoms. The van der Waals surface area contributed by atoms with Crippen molar-refractivity contribution in [3.05, 3.63) is 78.5 Å². The smallest absolute Gasteiger partial charge is 0.338 e. The summed E-state index contributed by atoms with van der Waals surface area (Å²) in [6.45, 7) is 8.17. The van der Waals surface area contributed by atoms with Gasteiger partial charge in [-0.05, 0) is 62.2 Å². The van der Waals surface area contributed by atoms with E-state index in [4.69, 9.17) is 23.7 Å². The molecule has 220 valence electrons. The molecule has 0 saturated carbocycles. The predicted octanol–water partition coefficient (Wildman–Crippen LogP) is 3.06. The van der Waals surface area contributed by atoms with Gasteiger partial charge in [0.2, 0.25) is 0 Å². The monoisotopic (exact) mass is 594 g/mol. The molecule has 1 atom stereocenters. The number of methoxy groups -OCH3 is 1. The summed E-state index contributed by atoms with van der Waals surface area (Å²) in [5.41, 5.74) is 1.37. The average Bonchev–Trinajstić information content (AvgIpc) is 3.23. The van der Waals surface area contributed by atoms with Crippen molar-refractivity contribution in [1.29, 1.82) is 0 Å². The quantitative estimate of drug-likeness (QED) is 0.271. The molecule has 1 aliphatic heterocycles. The number of esters is 3. The topological polar surface area (TPSA) is 132 Å². The number of aromatic nitrogens is 1. The fourth-order valence-electron chi connectivity index (χ4n) is 4.47. The molecule has 1 aliphatic rings. The highest BCUT2D eigenvalue weighted by Crippen LogP contribution is 2.36. The van der Waals surface area contributed by atoms with Crippen molar-refractivity contribution in [1.82, 2.24) is 4.57 Å². The minimum atomic E-state index is -0.895. The van der Waals surface area contributed by atoms with Gasteiger partial charge in [0.15, 0.2) is 27.8 Å². The lowest BCUT2D eigenvalue weighted by Gasteiger charge is -2.25. The van der Waals surface area contributed by atoms with E-state index < -0.39 is 23.9 Å². The number of allylic oxidation sites excluding steroid dienone is 1. The van der Waals surface area contributed by atoms with E-state index in [9.17, 15) is 19.2 Å². The SMILES string of the molecule is CCOC(=O)C1=C(C)N=c2s/c(=C/c3ccc(OC(C)=O)c(OC)c3)c(=O)n2[C@@H]1c1ccc(OC(C)=O)c(OCC)c1. The van der Waals surface area contributed by atoms with Crippen molar-refractivity contribution in [2.24, 2.45) is 4.99 Å². The number of carbonyl (C=O) groups is 3. The minimum absolute atomic E-state index is 0.132. The normalized spacial score (nSPS) is 14.5. The van der Waals surface area contributed by atoms with E-state index in [1.165, 1.54) is 25.5 Å². The molecule has 0 bridgehead atoms. The summed E-state index contributed by atoms with van der Waals surface area (Å²) in [5.74, 6) is -0.546. The van der Waals surface area contributed by atoms with Gasteiger partial charge in [-0.15, -0.1) is 0 Å². The molecular formula is C30H30N2O9S. The molecule has 11 nitrogen and oxygen atoms in total. The number of hydrogen-bond acceptors (Lipinski definition) is 11. The number of hydrogen-bond donors (Lipinski definition) is 0. The second-order valence-corrected chi connectivity index (χ2v) is 10.0. The summed E-state index contributed by atoms with van der Waals surface area (Å²) in [7, 11) is 1.45. The number of carbonyl (C=O) groups excluding carboxylic acids is 3. The van der Waals surface area contributed by atoms with Crippen LogP contribution >= 0.6 is 11.3 Å². The lowest BCUT2D eigenvalue weighted by Crippen LogP contribution is -2.40. The van der Waals surface area contributed by atoms with Crippen LogP contribution in [0.1, 0.15) is 51.8 Å². The molecule has 0 radical (unpaired) electrons. The summed E-state index contributed by atoms with van der Waals surface area (Å²) in [5, 5.41) is 0. The number of rotatable bonds is 9. The van der Waals surface area contributed by atoms with E-state index in [1.54, 1.807) is 63.2 Å². The predicted molar refractivity (Wildman–Crippen MR) is 154 cm³/mol. The first-order valence-electron chi connectivity index (χ1n) is 13.1. The van der Waals surface area contributed by atoms with Gasteiger partial charge in [0.25, 0.3) is 5.56 Å². The summed E-state index contributed by atoms with van der Waals surface area (Å²) in [6, 6.07) is 8.88. The van der Waals surface area contributed by atoms with Gasteiger partial charge in [-0.2, -0.15) is 0 Å². The van der Waals surface area contributed by atoms with Crippen LogP contribution in [0.5, 0.6) is 23.0 Å². The Morgan fingerprint density at radius 2 is 1.62 bits per heavy atom. The Balaban J connectivity index is 1.92. The van der Waals surface area contributed by atoms with E-state index in [1.807, 2.05) is 0 Å². The van der Waals surface area contributed by atoms with E-state index in [0.29, 0.717) is 38.5 Å². The minimum Gasteiger partial charge on any atom is -0.493 e. The van der Waals surface area contributed by atoms with Gasteiger partial charge < -0.3 is 23.7 Å². The summed E-state index contributed by atoms with van der Waals surface area (Å²) in [6.07, 6.45) is 1.67. The highest BCUT2D eigenvalue weighted by atomic mass is 32.1. The van der Waals surface area contributed by atoms with Crippen LogP contribution in [0, 0.1) is 0 Å². The van der Waals surface area contributed by atoms with E-state index in [-0.39, 0.29) is 35.0 Å². The second-order valence-electron chi connectivity index (χ2n) is 9.04. The van der Waals surface area contributed by atoms with Crippen LogP contribution in [-0.2, 0) is 19.1 Å². The maximum Gasteiger partial charge on any atom is 0.338 e. The Labute approximate surface area is 245 Å². The third kappa shape index (κ3) is 6.28. The van der Waals surface area contributed by atoms with Gasteiger partial charge in [0.05, 0.1) is 42.2 Å². The number of fused-ring (bicyclic) bond motifs is 1. The molecule has 0 aliphatic carbocycles. The molecule has 4 rings (SSSR count). The molecular weight excluding hydrogens is 564 g/mol. The molecule has 0 N–H and O–H groups in total. The van der Waals surface area contributed by atoms with Crippen molar-refractivity contribution >= 4 is 35.3 Å². The van der Waals surface area contributed by atoms with Crippen LogP contribution in [0.4, 0.5) is 0 Å². The fourth-order valence-corrected chi connectivity index (χ4v) is 5.52. The van der Waals surface area contributed by atoms with Crippen molar-refractivity contribution in [3.8, 4) is 23.0 Å². The molecule has 2 aromatic carbocycles. The van der Waals surface area contributed by atoms with Crippen LogP contribution in [0.2, 0.25) is 0 Å². The molecule has 0 spiro atoms. The van der Waals surface area contributed by atoms with Crippen molar-refractivity contribution in [2.75, 3.05) is 20.3 Å². The first kappa shape index (κ1) is 30.3. The lowest BCUT2D eigenvalue weighted by molar-refractivity contribution is -0.139. The van der Waals surface area contributed by atoms with E-state index in [2.05, 4.69) is 4.99 Å². The Kier molecular flexibility index (Phi) is 9.26. The van der Waals surface area contributed by atoms with Gasteiger partial charge >= 0.3 is 17.9 Å². The Morgan fingerprint density at radius 3 is 2.24 bits per heavy atom. The molecule has 0 saturated heterocycles. The molecule has 2 heterocycles. The van der Waals surface area contributed by atoms with Crippen molar-refractivity contribution in [2.45, 2.75) is 40.7 Å². The highest BCUT2D eigenvalue weighted by molar-refractivity contribution is 7.07. The first-order valence-corrected chi connectivity index (χ1v) is 13.9. The van der Waals surface area contributed by atoms with Gasteiger partial charge in [-0.25, -0.2) is 9.79 Å². The van der Waals surface area contributed by atoms with Gasteiger partial charge in [-0.1, -0.05) is 23.5 Å². The Morgan fingerprint density at radius 1 is 0.952 bits per heavy atom. The van der Waals surface area contributed by atoms with Crippen LogP contribution in [-0.4, -0.2) is 42.8 Å². The molecule has 1 aromatic heterocycles. The lowest BCUT2D eigenvalue weighted by atomic mass is 9.95. The number of thiazole rings is 1. The zero-order chi connectivity index (χ0) is 30.6. The molecule has 0 unspecified atom stereocenters. The van der Waals surface area contributed by atoms with Crippen molar-refractivity contribution in [3.63, 3.8) is 0 Å². The third-order valence-corrected chi connectivity index (χ3v) is 7.08. The average molecular weight is 595 g/mol. The standard InChI is InChI=1S/C30H30N2O9S/c1-7-38-24-15-20(10-12-22(24)41-18(5)34)27-26(29(36)39-8-2)16(3)31-30-32(27)28(35)25(42-30)14-19-9-11-21(40-17(4)33)23(13-19)37-6/h9-15,27H,7-8H2,1-6H3/b25-14+/t27-/m1/s1. The Bertz CT molecular complexity index is 1770. The number of ether oxygens (including phenoxy) is 5. The van der Waals surface area contributed by atoms with Gasteiger partial charge in [-0.3, -0.25) is 19.0 Å². The van der Waals surface area contributed by atoms with Crippen LogP contribution in [0.25, 0.3) is 6.08 Å². The maximum absolute atomic E-state index is 13.9. The zero-order valence-corrected chi connectivity index (χ0v) is 24.8. The van der Waals surface area contributed by atoms with Crippen LogP contribution in [0.3, 0.4) is 0 Å². The largest absolute Gasteiger partial charge is 0.493 e. The molecule has 42 heavy (non-hydrogen) atoms. The Hall–Kier alpha value is -4.71. The third-order valence-electron chi connectivity index (χ3n) is 6.09. The van der Waals surface area contributed by atoms with E-state index in [0.717, 1.165) is 11.3 Å². The van der Waals surface area contributed by atoms with Gasteiger partial charge in [0.1, 0.15) is 0 Å². The first-order chi connectivity index (χ1) is 20.1. The highest BCUT2D eigenvalue weighted by Gasteiger charge is 2.34. The number of benzene rings is 2. The number of nitrogens with zero attached hydrogens (tertiary/aromatic N) is 2. The molecule has 0 fully saturated rings. The molecule has 0 amide bonds. The molecule has 3 aromatic rings. The summed E-state index contributed by atoms with van der Waals surface area (Å²) < 4.78 is 28.7. The fraction of sp³-hybridized carbons (Fsp3) is 0.300. The summed E-state index contributed by atoms with van der Waals surface area (Å²) in [4.78, 5) is 55.2. The maximum atomic E-state index is 13.9.